The summed E-state index contributed by atoms with van der Waals surface area (Å²) >= 11 is 5.88. The van der Waals surface area contributed by atoms with E-state index in [9.17, 15) is 4.39 Å². The summed E-state index contributed by atoms with van der Waals surface area (Å²) in [5, 5.41) is 0. The van der Waals surface area contributed by atoms with Crippen LogP contribution in [0.4, 0.5) is 4.39 Å². The van der Waals surface area contributed by atoms with Gasteiger partial charge in [-0.25, -0.2) is 4.39 Å². The second-order valence-corrected chi connectivity index (χ2v) is 6.48. The van der Waals surface area contributed by atoms with Crippen molar-refractivity contribution < 1.29 is 9.13 Å². The third-order valence-corrected chi connectivity index (χ3v) is 3.64. The Labute approximate surface area is 130 Å². The Kier molecular flexibility index (Phi) is 4.58. The maximum atomic E-state index is 14.1. The zero-order valence-electron chi connectivity index (χ0n) is 12.8. The molecule has 21 heavy (non-hydrogen) atoms. The molecular weight excluding hydrogens is 287 g/mol. The average Bonchev–Trinajstić information content (AvgIpc) is 2.39. The second kappa shape index (κ2) is 6.07. The summed E-state index contributed by atoms with van der Waals surface area (Å²) in [7, 11) is 0. The highest BCUT2D eigenvalue weighted by Crippen LogP contribution is 2.37. The molecule has 0 amide bonds. The second-order valence-electron chi connectivity index (χ2n) is 6.21. The molecule has 0 saturated carbocycles. The largest absolute Gasteiger partial charge is 0.454 e. The highest BCUT2D eigenvalue weighted by atomic mass is 35.5. The van der Waals surface area contributed by atoms with Crippen LogP contribution in [-0.2, 0) is 11.3 Å². The van der Waals surface area contributed by atoms with E-state index in [4.69, 9.17) is 16.3 Å². The number of ether oxygens (including phenoxy) is 1. The van der Waals surface area contributed by atoms with Crippen molar-refractivity contribution in [2.75, 3.05) is 0 Å². The fourth-order valence-electron chi connectivity index (χ4n) is 2.22. The maximum absolute atomic E-state index is 14.1. The molecule has 0 heterocycles. The van der Waals surface area contributed by atoms with Gasteiger partial charge in [0.25, 0.3) is 0 Å². The van der Waals surface area contributed by atoms with Crippen molar-refractivity contribution in [2.24, 2.45) is 0 Å². The van der Waals surface area contributed by atoms with Gasteiger partial charge in [0.1, 0.15) is 5.75 Å². The minimum Gasteiger partial charge on any atom is -0.454 e. The molecule has 0 aliphatic carbocycles. The van der Waals surface area contributed by atoms with Crippen LogP contribution in [0.25, 0.3) is 0 Å². The molecule has 2 aromatic rings. The van der Waals surface area contributed by atoms with Gasteiger partial charge in [-0.3, -0.25) is 0 Å². The number of aryl methyl sites for hydroxylation is 1. The summed E-state index contributed by atoms with van der Waals surface area (Å²) in [6.45, 7) is 8.31. The molecule has 112 valence electrons. The fraction of sp³-hybridized carbons (Fsp3) is 0.333. The first-order valence-corrected chi connectivity index (χ1v) is 7.48. The number of halogens is 2. The van der Waals surface area contributed by atoms with Gasteiger partial charge in [-0.1, -0.05) is 45.0 Å². The molecule has 0 spiro atoms. The lowest BCUT2D eigenvalue weighted by Crippen LogP contribution is -2.13. The molecular formula is C18H20ClFO. The SMILES string of the molecule is Cc1ccc(C(C)(C)C)c(Oc2c(F)cccc2CCl)c1. The summed E-state index contributed by atoms with van der Waals surface area (Å²) in [5.41, 5.74) is 2.67. The summed E-state index contributed by atoms with van der Waals surface area (Å²) in [6.07, 6.45) is 0. The summed E-state index contributed by atoms with van der Waals surface area (Å²) in [4.78, 5) is 0. The first-order valence-electron chi connectivity index (χ1n) is 6.95. The molecule has 2 rings (SSSR count). The molecule has 0 bridgehead atoms. The molecule has 0 N–H and O–H groups in total. The van der Waals surface area contributed by atoms with Gasteiger partial charge in [-0.15, -0.1) is 11.6 Å². The highest BCUT2D eigenvalue weighted by Gasteiger charge is 2.21. The number of hydrogen-bond donors (Lipinski definition) is 0. The molecule has 0 atom stereocenters. The quantitative estimate of drug-likeness (QED) is 0.635. The van der Waals surface area contributed by atoms with Gasteiger partial charge in [0.15, 0.2) is 11.6 Å². The van der Waals surface area contributed by atoms with Gasteiger partial charge >= 0.3 is 0 Å². The molecule has 2 aromatic carbocycles. The third kappa shape index (κ3) is 3.56. The van der Waals surface area contributed by atoms with Crippen LogP contribution in [0.3, 0.4) is 0 Å². The first-order chi connectivity index (χ1) is 9.82. The molecule has 0 radical (unpaired) electrons. The van der Waals surface area contributed by atoms with Gasteiger partial charge in [0.2, 0.25) is 0 Å². The zero-order chi connectivity index (χ0) is 15.6. The van der Waals surface area contributed by atoms with Crippen molar-refractivity contribution in [3.05, 3.63) is 58.9 Å². The predicted molar refractivity (Wildman–Crippen MR) is 85.9 cm³/mol. The van der Waals surface area contributed by atoms with E-state index in [1.54, 1.807) is 12.1 Å². The van der Waals surface area contributed by atoms with Crippen LogP contribution in [-0.4, -0.2) is 0 Å². The Bertz CT molecular complexity index is 644. The number of rotatable bonds is 3. The maximum Gasteiger partial charge on any atom is 0.167 e. The Hall–Kier alpha value is -1.54. The van der Waals surface area contributed by atoms with E-state index in [1.165, 1.54) is 6.07 Å². The zero-order valence-corrected chi connectivity index (χ0v) is 13.6. The molecule has 0 saturated heterocycles. The van der Waals surface area contributed by atoms with Crippen LogP contribution in [0.2, 0.25) is 0 Å². The summed E-state index contributed by atoms with van der Waals surface area (Å²) in [6, 6.07) is 10.8. The van der Waals surface area contributed by atoms with Gasteiger partial charge in [0.05, 0.1) is 5.88 Å². The normalized spacial score (nSPS) is 11.5. The van der Waals surface area contributed by atoms with E-state index >= 15 is 0 Å². The molecule has 0 aliphatic heterocycles. The van der Waals surface area contributed by atoms with E-state index in [2.05, 4.69) is 20.8 Å². The standard InChI is InChI=1S/C18H20ClFO/c1-12-8-9-14(18(2,3)4)16(10-12)21-17-13(11-19)6-5-7-15(17)20/h5-10H,11H2,1-4H3. The smallest absolute Gasteiger partial charge is 0.167 e. The van der Waals surface area contributed by atoms with E-state index in [-0.39, 0.29) is 17.0 Å². The van der Waals surface area contributed by atoms with Crippen LogP contribution in [0.15, 0.2) is 36.4 Å². The van der Waals surface area contributed by atoms with Crippen LogP contribution >= 0.6 is 11.6 Å². The Morgan fingerprint density at radius 2 is 1.86 bits per heavy atom. The number of hydrogen-bond acceptors (Lipinski definition) is 1. The highest BCUT2D eigenvalue weighted by molar-refractivity contribution is 6.17. The minimum absolute atomic E-state index is 0.0879. The number of alkyl halides is 1. The molecule has 0 unspecified atom stereocenters. The number of para-hydroxylation sites is 1. The average molecular weight is 307 g/mol. The summed E-state index contributed by atoms with van der Waals surface area (Å²) in [5.74, 6) is 0.709. The van der Waals surface area contributed by atoms with Crippen LogP contribution in [0, 0.1) is 12.7 Å². The topological polar surface area (TPSA) is 9.23 Å². The van der Waals surface area contributed by atoms with E-state index in [0.717, 1.165) is 11.1 Å². The molecule has 3 heteroatoms. The van der Waals surface area contributed by atoms with Gasteiger partial charge in [-0.05, 0) is 30.0 Å². The van der Waals surface area contributed by atoms with Crippen LogP contribution < -0.4 is 4.74 Å². The number of benzene rings is 2. The van der Waals surface area contributed by atoms with Crippen molar-refractivity contribution in [3.63, 3.8) is 0 Å². The van der Waals surface area contributed by atoms with Gasteiger partial charge < -0.3 is 4.74 Å². The third-order valence-electron chi connectivity index (χ3n) is 3.35. The Morgan fingerprint density at radius 3 is 2.48 bits per heavy atom. The lowest BCUT2D eigenvalue weighted by Gasteiger charge is -2.23. The van der Waals surface area contributed by atoms with E-state index < -0.39 is 5.82 Å². The van der Waals surface area contributed by atoms with Crippen molar-refractivity contribution in [1.82, 2.24) is 0 Å². The predicted octanol–water partition coefficient (Wildman–Crippen LogP) is 5.96. The Morgan fingerprint density at radius 1 is 1.14 bits per heavy atom. The van der Waals surface area contributed by atoms with E-state index in [0.29, 0.717) is 11.3 Å². The fourth-order valence-corrected chi connectivity index (χ4v) is 2.43. The Balaban J connectivity index is 2.52. The lowest BCUT2D eigenvalue weighted by molar-refractivity contribution is 0.421. The first kappa shape index (κ1) is 15.8. The minimum atomic E-state index is -0.394. The molecule has 0 aliphatic rings. The van der Waals surface area contributed by atoms with E-state index in [1.807, 2.05) is 25.1 Å². The van der Waals surface area contributed by atoms with Crippen LogP contribution in [0.5, 0.6) is 11.5 Å². The van der Waals surface area contributed by atoms with Gasteiger partial charge in [-0.2, -0.15) is 0 Å². The summed E-state index contributed by atoms with van der Waals surface area (Å²) < 4.78 is 20.0. The lowest BCUT2D eigenvalue weighted by atomic mass is 9.86. The molecule has 0 fully saturated rings. The van der Waals surface area contributed by atoms with Gasteiger partial charge in [0, 0.05) is 11.1 Å². The monoisotopic (exact) mass is 306 g/mol. The molecule has 1 nitrogen and oxygen atoms in total. The van der Waals surface area contributed by atoms with Crippen molar-refractivity contribution in [1.29, 1.82) is 0 Å². The van der Waals surface area contributed by atoms with Crippen molar-refractivity contribution in [3.8, 4) is 11.5 Å². The molecule has 0 aromatic heterocycles. The van der Waals surface area contributed by atoms with Crippen molar-refractivity contribution in [2.45, 2.75) is 39.0 Å². The van der Waals surface area contributed by atoms with Crippen molar-refractivity contribution >= 4 is 11.6 Å². The van der Waals surface area contributed by atoms with Crippen LogP contribution in [0.1, 0.15) is 37.5 Å².